The summed E-state index contributed by atoms with van der Waals surface area (Å²) in [7, 11) is 0. The number of hydrogen-bond acceptors (Lipinski definition) is 3. The molecule has 0 aliphatic carbocycles. The Bertz CT molecular complexity index is 421. The SMILES string of the molecule is CC(C)(C)C(=O)Nc1cccc(C(=O)O)n1. The second-order valence-electron chi connectivity index (χ2n) is 4.42. The number of hydrogen-bond donors (Lipinski definition) is 2. The van der Waals surface area contributed by atoms with Crippen LogP contribution >= 0.6 is 0 Å². The molecule has 1 heterocycles. The molecule has 0 aliphatic heterocycles. The normalized spacial score (nSPS) is 10.9. The van der Waals surface area contributed by atoms with Crippen LogP contribution in [0.3, 0.4) is 0 Å². The number of carboxylic acid groups (broad SMARTS) is 1. The van der Waals surface area contributed by atoms with E-state index in [9.17, 15) is 9.59 Å². The Labute approximate surface area is 93.5 Å². The van der Waals surface area contributed by atoms with Crippen molar-refractivity contribution in [3.63, 3.8) is 0 Å². The molecule has 0 aromatic carbocycles. The van der Waals surface area contributed by atoms with Gasteiger partial charge >= 0.3 is 5.97 Å². The second-order valence-corrected chi connectivity index (χ2v) is 4.42. The highest BCUT2D eigenvalue weighted by Gasteiger charge is 2.21. The van der Waals surface area contributed by atoms with E-state index in [1.165, 1.54) is 12.1 Å². The third kappa shape index (κ3) is 3.05. The van der Waals surface area contributed by atoms with E-state index in [1.807, 2.05) is 0 Å². The minimum atomic E-state index is -1.12. The lowest BCUT2D eigenvalue weighted by molar-refractivity contribution is -0.123. The van der Waals surface area contributed by atoms with E-state index in [0.29, 0.717) is 0 Å². The topological polar surface area (TPSA) is 79.3 Å². The fourth-order valence-corrected chi connectivity index (χ4v) is 0.927. The van der Waals surface area contributed by atoms with Crippen LogP contribution in [0.5, 0.6) is 0 Å². The molecule has 0 spiro atoms. The molecule has 5 nitrogen and oxygen atoms in total. The molecule has 5 heteroatoms. The van der Waals surface area contributed by atoms with Crippen molar-refractivity contribution < 1.29 is 14.7 Å². The monoisotopic (exact) mass is 222 g/mol. The molecule has 0 bridgehead atoms. The Hall–Kier alpha value is -1.91. The number of aromatic nitrogens is 1. The predicted molar refractivity (Wildman–Crippen MR) is 59.3 cm³/mol. The molecule has 2 N–H and O–H groups in total. The van der Waals surface area contributed by atoms with Crippen molar-refractivity contribution in [1.29, 1.82) is 0 Å². The van der Waals surface area contributed by atoms with Crippen LogP contribution in [0.1, 0.15) is 31.3 Å². The zero-order chi connectivity index (χ0) is 12.3. The van der Waals surface area contributed by atoms with Gasteiger partial charge < -0.3 is 10.4 Å². The van der Waals surface area contributed by atoms with Crippen LogP contribution in [0, 0.1) is 5.41 Å². The average Bonchev–Trinajstić information content (AvgIpc) is 2.16. The molecule has 1 aromatic heterocycles. The van der Waals surface area contributed by atoms with Gasteiger partial charge in [0, 0.05) is 5.41 Å². The van der Waals surface area contributed by atoms with Crippen LogP contribution in [-0.2, 0) is 4.79 Å². The number of nitrogens with one attached hydrogen (secondary N) is 1. The molecular weight excluding hydrogens is 208 g/mol. The Morgan fingerprint density at radius 2 is 1.94 bits per heavy atom. The molecular formula is C11H14N2O3. The number of aromatic carboxylic acids is 1. The third-order valence-electron chi connectivity index (χ3n) is 1.89. The van der Waals surface area contributed by atoms with Gasteiger partial charge in [0.05, 0.1) is 0 Å². The number of carbonyl (C=O) groups is 2. The van der Waals surface area contributed by atoms with Gasteiger partial charge in [-0.3, -0.25) is 4.79 Å². The van der Waals surface area contributed by atoms with Crippen LogP contribution in [0.25, 0.3) is 0 Å². The lowest BCUT2D eigenvalue weighted by atomic mass is 9.96. The number of carbonyl (C=O) groups excluding carboxylic acids is 1. The van der Waals surface area contributed by atoms with Gasteiger partial charge in [0.2, 0.25) is 5.91 Å². The first kappa shape index (κ1) is 12.2. The fourth-order valence-electron chi connectivity index (χ4n) is 0.927. The highest BCUT2D eigenvalue weighted by molar-refractivity contribution is 5.94. The van der Waals surface area contributed by atoms with Gasteiger partial charge in [-0.1, -0.05) is 26.8 Å². The summed E-state index contributed by atoms with van der Waals surface area (Å²) < 4.78 is 0. The molecule has 16 heavy (non-hydrogen) atoms. The van der Waals surface area contributed by atoms with Crippen LogP contribution < -0.4 is 5.32 Å². The first-order valence-electron chi connectivity index (χ1n) is 4.82. The van der Waals surface area contributed by atoms with E-state index in [-0.39, 0.29) is 17.4 Å². The highest BCUT2D eigenvalue weighted by atomic mass is 16.4. The summed E-state index contributed by atoms with van der Waals surface area (Å²) in [5, 5.41) is 11.3. The van der Waals surface area contributed by atoms with Crippen molar-refractivity contribution in [3.05, 3.63) is 23.9 Å². The number of anilines is 1. The van der Waals surface area contributed by atoms with Gasteiger partial charge in [0.1, 0.15) is 5.82 Å². The summed E-state index contributed by atoms with van der Waals surface area (Å²) in [6, 6.07) is 4.46. The maximum atomic E-state index is 11.6. The molecule has 0 fully saturated rings. The summed E-state index contributed by atoms with van der Waals surface area (Å²) >= 11 is 0. The van der Waals surface area contributed by atoms with E-state index in [1.54, 1.807) is 26.8 Å². The zero-order valence-electron chi connectivity index (χ0n) is 9.44. The largest absolute Gasteiger partial charge is 0.477 e. The first-order chi connectivity index (χ1) is 7.30. The number of amides is 1. The summed E-state index contributed by atoms with van der Waals surface area (Å²) in [5.41, 5.74) is -0.632. The number of rotatable bonds is 2. The molecule has 0 aliphatic rings. The average molecular weight is 222 g/mol. The second kappa shape index (κ2) is 4.30. The van der Waals surface area contributed by atoms with Crippen LogP contribution in [0.4, 0.5) is 5.82 Å². The minimum Gasteiger partial charge on any atom is -0.477 e. The maximum Gasteiger partial charge on any atom is 0.354 e. The van der Waals surface area contributed by atoms with Crippen LogP contribution in [0.15, 0.2) is 18.2 Å². The third-order valence-corrected chi connectivity index (χ3v) is 1.89. The Morgan fingerprint density at radius 3 is 2.44 bits per heavy atom. The molecule has 0 saturated carbocycles. The minimum absolute atomic E-state index is 0.0910. The molecule has 0 radical (unpaired) electrons. The van der Waals surface area contributed by atoms with Crippen LogP contribution in [0.2, 0.25) is 0 Å². The summed E-state index contributed by atoms with van der Waals surface area (Å²) in [6.07, 6.45) is 0. The van der Waals surface area contributed by atoms with Gasteiger partial charge in [-0.15, -0.1) is 0 Å². The molecule has 0 atom stereocenters. The lowest BCUT2D eigenvalue weighted by Gasteiger charge is -2.17. The van der Waals surface area contributed by atoms with E-state index in [4.69, 9.17) is 5.11 Å². The summed E-state index contributed by atoms with van der Waals surface area (Å²) in [5.74, 6) is -1.07. The quantitative estimate of drug-likeness (QED) is 0.799. The number of nitrogens with zero attached hydrogens (tertiary/aromatic N) is 1. The van der Waals surface area contributed by atoms with E-state index in [2.05, 4.69) is 10.3 Å². The maximum absolute atomic E-state index is 11.6. The molecule has 0 unspecified atom stereocenters. The molecule has 1 amide bonds. The van der Waals surface area contributed by atoms with Crippen LogP contribution in [-0.4, -0.2) is 22.0 Å². The molecule has 1 rings (SSSR count). The summed E-state index contributed by atoms with van der Waals surface area (Å²) in [6.45, 7) is 5.30. The molecule has 86 valence electrons. The van der Waals surface area contributed by atoms with Gasteiger partial charge in [-0.2, -0.15) is 0 Å². The van der Waals surface area contributed by atoms with E-state index >= 15 is 0 Å². The van der Waals surface area contributed by atoms with Crippen molar-refractivity contribution >= 4 is 17.7 Å². The predicted octanol–water partition coefficient (Wildman–Crippen LogP) is 1.76. The Kier molecular flexibility index (Phi) is 3.27. The van der Waals surface area contributed by atoms with Gasteiger partial charge in [0.15, 0.2) is 5.69 Å². The molecule has 1 aromatic rings. The Morgan fingerprint density at radius 1 is 1.31 bits per heavy atom. The molecule has 0 saturated heterocycles. The van der Waals surface area contributed by atoms with Gasteiger partial charge in [-0.25, -0.2) is 9.78 Å². The number of carboxylic acids is 1. The van der Waals surface area contributed by atoms with Crippen molar-refractivity contribution in [1.82, 2.24) is 4.98 Å². The van der Waals surface area contributed by atoms with Crippen molar-refractivity contribution in [2.75, 3.05) is 5.32 Å². The first-order valence-corrected chi connectivity index (χ1v) is 4.82. The zero-order valence-corrected chi connectivity index (χ0v) is 9.44. The van der Waals surface area contributed by atoms with Crippen molar-refractivity contribution in [3.8, 4) is 0 Å². The van der Waals surface area contributed by atoms with Crippen molar-refractivity contribution in [2.24, 2.45) is 5.41 Å². The standard InChI is InChI=1S/C11H14N2O3/c1-11(2,3)10(16)13-8-6-4-5-7(12-8)9(14)15/h4-6H,1-3H3,(H,14,15)(H,12,13,16). The highest BCUT2D eigenvalue weighted by Crippen LogP contribution is 2.16. The lowest BCUT2D eigenvalue weighted by Crippen LogP contribution is -2.28. The van der Waals surface area contributed by atoms with E-state index < -0.39 is 11.4 Å². The van der Waals surface area contributed by atoms with E-state index in [0.717, 1.165) is 0 Å². The number of pyridine rings is 1. The Balaban J connectivity index is 2.87. The van der Waals surface area contributed by atoms with Gasteiger partial charge in [-0.05, 0) is 12.1 Å². The summed E-state index contributed by atoms with van der Waals surface area (Å²) in [4.78, 5) is 26.1. The van der Waals surface area contributed by atoms with Crippen molar-refractivity contribution in [2.45, 2.75) is 20.8 Å². The van der Waals surface area contributed by atoms with Gasteiger partial charge in [0.25, 0.3) is 0 Å². The smallest absolute Gasteiger partial charge is 0.354 e. The fraction of sp³-hybridized carbons (Fsp3) is 0.364.